The highest BCUT2D eigenvalue weighted by atomic mass is 19.1. The lowest BCUT2D eigenvalue weighted by Gasteiger charge is -2.03. The molecule has 0 spiro atoms. The van der Waals surface area contributed by atoms with Crippen molar-refractivity contribution in [2.24, 2.45) is 0 Å². The van der Waals surface area contributed by atoms with Gasteiger partial charge in [-0.05, 0) is 24.3 Å². The number of halogens is 1. The molecular formula is C10H8FN3O2. The molecule has 0 saturated heterocycles. The summed E-state index contributed by atoms with van der Waals surface area (Å²) < 4.78 is 12.5. The van der Waals surface area contributed by atoms with Crippen molar-refractivity contribution in [1.82, 2.24) is 5.32 Å². The van der Waals surface area contributed by atoms with Crippen LogP contribution in [0.3, 0.4) is 0 Å². The molecular weight excluding hydrogens is 213 g/mol. The molecule has 1 aromatic rings. The summed E-state index contributed by atoms with van der Waals surface area (Å²) in [6.07, 6.45) is 0. The van der Waals surface area contributed by atoms with Crippen LogP contribution in [0.4, 0.5) is 10.1 Å². The van der Waals surface area contributed by atoms with Gasteiger partial charge in [-0.3, -0.25) is 9.59 Å². The van der Waals surface area contributed by atoms with Gasteiger partial charge in [-0.25, -0.2) is 4.39 Å². The molecule has 0 aliphatic carbocycles. The van der Waals surface area contributed by atoms with Gasteiger partial charge in [-0.2, -0.15) is 5.26 Å². The number of benzene rings is 1. The van der Waals surface area contributed by atoms with E-state index in [1.807, 2.05) is 0 Å². The third-order valence-corrected chi connectivity index (χ3v) is 1.64. The number of nitrogens with zero attached hydrogens (tertiary/aromatic N) is 1. The molecule has 0 fully saturated rings. The standard InChI is InChI=1S/C10H8FN3O2/c11-7-1-3-8(4-2-7)14-10(16)9(15)13-6-5-12/h1-4H,6H2,(H,13,15)(H,14,16). The lowest BCUT2D eigenvalue weighted by Crippen LogP contribution is -2.35. The van der Waals surface area contributed by atoms with Crippen LogP contribution in [0.5, 0.6) is 0 Å². The molecule has 2 amide bonds. The highest BCUT2D eigenvalue weighted by Crippen LogP contribution is 2.07. The van der Waals surface area contributed by atoms with Crippen molar-refractivity contribution in [2.45, 2.75) is 0 Å². The average Bonchev–Trinajstić information content (AvgIpc) is 2.29. The van der Waals surface area contributed by atoms with E-state index >= 15 is 0 Å². The van der Waals surface area contributed by atoms with Gasteiger partial charge < -0.3 is 10.6 Å². The second-order valence-electron chi connectivity index (χ2n) is 2.80. The van der Waals surface area contributed by atoms with Crippen molar-refractivity contribution in [1.29, 1.82) is 5.26 Å². The van der Waals surface area contributed by atoms with E-state index in [2.05, 4.69) is 10.6 Å². The average molecular weight is 221 g/mol. The number of nitriles is 1. The Balaban J connectivity index is 2.55. The summed E-state index contributed by atoms with van der Waals surface area (Å²) in [4.78, 5) is 22.2. The molecule has 0 aliphatic rings. The zero-order valence-corrected chi connectivity index (χ0v) is 8.16. The Labute approximate surface area is 90.9 Å². The fourth-order valence-corrected chi connectivity index (χ4v) is 0.921. The van der Waals surface area contributed by atoms with E-state index in [1.165, 1.54) is 12.1 Å². The summed E-state index contributed by atoms with van der Waals surface area (Å²) in [6.45, 7) is -0.240. The van der Waals surface area contributed by atoms with Gasteiger partial charge in [0.05, 0.1) is 6.07 Å². The lowest BCUT2D eigenvalue weighted by molar-refractivity contribution is -0.136. The first-order valence-electron chi connectivity index (χ1n) is 4.35. The minimum atomic E-state index is -0.911. The van der Waals surface area contributed by atoms with E-state index < -0.39 is 17.6 Å². The number of amides is 2. The Hall–Kier alpha value is -2.42. The molecule has 0 unspecified atom stereocenters. The quantitative estimate of drug-likeness (QED) is 0.560. The highest BCUT2D eigenvalue weighted by Gasteiger charge is 2.12. The fraction of sp³-hybridized carbons (Fsp3) is 0.100. The van der Waals surface area contributed by atoms with Gasteiger partial charge in [-0.15, -0.1) is 0 Å². The van der Waals surface area contributed by atoms with Crippen LogP contribution in [-0.2, 0) is 9.59 Å². The van der Waals surface area contributed by atoms with Gasteiger partial charge in [0.1, 0.15) is 12.4 Å². The Morgan fingerprint density at radius 1 is 1.25 bits per heavy atom. The van der Waals surface area contributed by atoms with E-state index in [-0.39, 0.29) is 6.54 Å². The highest BCUT2D eigenvalue weighted by molar-refractivity contribution is 6.39. The van der Waals surface area contributed by atoms with E-state index in [0.29, 0.717) is 5.69 Å². The molecule has 0 radical (unpaired) electrons. The Kier molecular flexibility index (Phi) is 3.98. The third kappa shape index (κ3) is 3.38. The van der Waals surface area contributed by atoms with Crippen molar-refractivity contribution in [3.63, 3.8) is 0 Å². The molecule has 5 nitrogen and oxygen atoms in total. The predicted molar refractivity (Wildman–Crippen MR) is 53.7 cm³/mol. The predicted octanol–water partition coefficient (Wildman–Crippen LogP) is 0.404. The number of nitrogens with one attached hydrogen (secondary N) is 2. The van der Waals surface area contributed by atoms with Crippen LogP contribution in [0.1, 0.15) is 0 Å². The van der Waals surface area contributed by atoms with E-state index in [4.69, 9.17) is 5.26 Å². The van der Waals surface area contributed by atoms with Gasteiger partial charge in [0.25, 0.3) is 0 Å². The van der Waals surface area contributed by atoms with Crippen molar-refractivity contribution in [3.8, 4) is 6.07 Å². The van der Waals surface area contributed by atoms with Crippen LogP contribution in [0.15, 0.2) is 24.3 Å². The SMILES string of the molecule is N#CCNC(=O)C(=O)Nc1ccc(F)cc1. The summed E-state index contributed by atoms with van der Waals surface area (Å²) in [7, 11) is 0. The van der Waals surface area contributed by atoms with Crippen LogP contribution in [0.2, 0.25) is 0 Å². The van der Waals surface area contributed by atoms with Crippen molar-refractivity contribution in [2.75, 3.05) is 11.9 Å². The first-order valence-corrected chi connectivity index (χ1v) is 4.35. The molecule has 0 atom stereocenters. The van der Waals surface area contributed by atoms with Gasteiger partial charge >= 0.3 is 11.8 Å². The summed E-state index contributed by atoms with van der Waals surface area (Å²) in [5, 5.41) is 12.5. The van der Waals surface area contributed by atoms with Gasteiger partial charge in [0.15, 0.2) is 0 Å². The maximum atomic E-state index is 12.5. The molecule has 1 rings (SSSR count). The van der Waals surface area contributed by atoms with E-state index in [9.17, 15) is 14.0 Å². The number of carbonyl (C=O) groups excluding carboxylic acids is 2. The molecule has 0 heterocycles. The molecule has 16 heavy (non-hydrogen) atoms. The Bertz CT molecular complexity index is 436. The molecule has 2 N–H and O–H groups in total. The number of rotatable bonds is 2. The van der Waals surface area contributed by atoms with E-state index in [1.54, 1.807) is 6.07 Å². The smallest absolute Gasteiger partial charge is 0.313 e. The topological polar surface area (TPSA) is 82.0 Å². The van der Waals surface area contributed by atoms with Crippen LogP contribution >= 0.6 is 0 Å². The van der Waals surface area contributed by atoms with Crippen LogP contribution in [0.25, 0.3) is 0 Å². The minimum Gasteiger partial charge on any atom is -0.335 e. The molecule has 0 aliphatic heterocycles. The second kappa shape index (κ2) is 5.46. The molecule has 6 heteroatoms. The minimum absolute atomic E-state index is 0.240. The second-order valence-corrected chi connectivity index (χ2v) is 2.80. The Morgan fingerprint density at radius 3 is 2.44 bits per heavy atom. The maximum Gasteiger partial charge on any atom is 0.313 e. The summed E-state index contributed by atoms with van der Waals surface area (Å²) in [5.74, 6) is -2.25. The van der Waals surface area contributed by atoms with Gasteiger partial charge in [0, 0.05) is 5.69 Å². The molecule has 1 aromatic carbocycles. The Morgan fingerprint density at radius 2 is 1.88 bits per heavy atom. The maximum absolute atomic E-state index is 12.5. The number of carbonyl (C=O) groups is 2. The molecule has 0 saturated carbocycles. The van der Waals surface area contributed by atoms with Gasteiger partial charge in [0.2, 0.25) is 0 Å². The monoisotopic (exact) mass is 221 g/mol. The van der Waals surface area contributed by atoms with Crippen LogP contribution in [-0.4, -0.2) is 18.4 Å². The van der Waals surface area contributed by atoms with Crippen molar-refractivity contribution >= 4 is 17.5 Å². The summed E-state index contributed by atoms with van der Waals surface area (Å²) >= 11 is 0. The first-order chi connectivity index (χ1) is 7.63. The van der Waals surface area contributed by atoms with Crippen LogP contribution in [0, 0.1) is 17.1 Å². The fourth-order valence-electron chi connectivity index (χ4n) is 0.921. The number of anilines is 1. The zero-order chi connectivity index (χ0) is 12.0. The van der Waals surface area contributed by atoms with E-state index in [0.717, 1.165) is 12.1 Å². The summed E-state index contributed by atoms with van der Waals surface area (Å²) in [5.41, 5.74) is 0.304. The molecule has 0 bridgehead atoms. The lowest BCUT2D eigenvalue weighted by atomic mass is 10.3. The van der Waals surface area contributed by atoms with Crippen LogP contribution < -0.4 is 10.6 Å². The van der Waals surface area contributed by atoms with Gasteiger partial charge in [-0.1, -0.05) is 0 Å². The van der Waals surface area contributed by atoms with Crippen molar-refractivity contribution in [3.05, 3.63) is 30.1 Å². The molecule has 82 valence electrons. The normalized spacial score (nSPS) is 9.00. The number of hydrogen-bond donors (Lipinski definition) is 2. The van der Waals surface area contributed by atoms with Crippen molar-refractivity contribution < 1.29 is 14.0 Å². The largest absolute Gasteiger partial charge is 0.335 e. The molecule has 0 aromatic heterocycles. The third-order valence-electron chi connectivity index (χ3n) is 1.64. The first kappa shape index (κ1) is 11.7. The summed E-state index contributed by atoms with van der Waals surface area (Å²) in [6, 6.07) is 6.62. The zero-order valence-electron chi connectivity index (χ0n) is 8.16. The number of hydrogen-bond acceptors (Lipinski definition) is 3.